The Morgan fingerprint density at radius 2 is 1.47 bits per heavy atom. The van der Waals surface area contributed by atoms with Gasteiger partial charge in [0, 0.05) is 24.4 Å². The van der Waals surface area contributed by atoms with Crippen LogP contribution in [0.2, 0.25) is 0 Å². The summed E-state index contributed by atoms with van der Waals surface area (Å²) >= 11 is 0. The van der Waals surface area contributed by atoms with E-state index in [1.165, 1.54) is 110 Å². The zero-order valence-corrected chi connectivity index (χ0v) is 22.3. The molecule has 6 fully saturated rings. The Bertz CT molecular complexity index is 759. The van der Waals surface area contributed by atoms with Gasteiger partial charge in [0.25, 0.3) is 0 Å². The fourth-order valence-electron chi connectivity index (χ4n) is 10.7. The maximum Gasteiger partial charge on any atom is 0.302 e. The van der Waals surface area contributed by atoms with Crippen molar-refractivity contribution < 1.29 is 9.53 Å². The molecule has 0 bridgehead atoms. The fraction of sp³-hybridized carbons (Fsp3) is 0.967. The topological polar surface area (TPSA) is 32.8 Å². The van der Waals surface area contributed by atoms with Gasteiger partial charge in [-0.3, -0.25) is 9.69 Å². The molecule has 0 radical (unpaired) electrons. The molecule has 2 heterocycles. The van der Waals surface area contributed by atoms with E-state index < -0.39 is 0 Å². The zero-order chi connectivity index (χ0) is 23.5. The summed E-state index contributed by atoms with van der Waals surface area (Å²) in [6, 6.07) is 1.29. The number of likely N-dealkylation sites (tertiary alicyclic amines) is 2. The molecule has 0 spiro atoms. The maximum absolute atomic E-state index is 12.2. The number of carbonyl (C=O) groups is 1. The first-order valence-corrected chi connectivity index (χ1v) is 15.1. The van der Waals surface area contributed by atoms with E-state index in [2.05, 4.69) is 23.6 Å². The van der Waals surface area contributed by atoms with Crippen LogP contribution >= 0.6 is 0 Å². The molecule has 2 aliphatic heterocycles. The molecule has 6 rings (SSSR count). The molecule has 4 saturated carbocycles. The van der Waals surface area contributed by atoms with Crippen molar-refractivity contribution in [2.45, 2.75) is 122 Å². The van der Waals surface area contributed by atoms with Crippen molar-refractivity contribution in [1.82, 2.24) is 9.80 Å². The van der Waals surface area contributed by atoms with E-state index in [-0.39, 0.29) is 17.5 Å². The minimum atomic E-state index is -0.0643. The van der Waals surface area contributed by atoms with E-state index >= 15 is 0 Å². The second-order valence-electron chi connectivity index (χ2n) is 13.8. The number of piperidine rings is 1. The predicted octanol–water partition coefficient (Wildman–Crippen LogP) is 5.89. The van der Waals surface area contributed by atoms with Gasteiger partial charge in [0.15, 0.2) is 0 Å². The van der Waals surface area contributed by atoms with Crippen LogP contribution in [0.3, 0.4) is 0 Å². The lowest BCUT2D eigenvalue weighted by atomic mass is 9.45. The summed E-state index contributed by atoms with van der Waals surface area (Å²) in [5, 5.41) is 0. The van der Waals surface area contributed by atoms with Crippen LogP contribution in [0.25, 0.3) is 0 Å². The van der Waals surface area contributed by atoms with Crippen molar-refractivity contribution in [1.29, 1.82) is 0 Å². The molecule has 4 aliphatic carbocycles. The van der Waals surface area contributed by atoms with E-state index in [1.54, 1.807) is 6.92 Å². The second kappa shape index (κ2) is 9.05. The minimum absolute atomic E-state index is 0.0643. The maximum atomic E-state index is 12.2. The third-order valence-electron chi connectivity index (χ3n) is 12.3. The summed E-state index contributed by atoms with van der Waals surface area (Å²) in [6.07, 6.45) is 18.1. The first-order chi connectivity index (χ1) is 16.4. The molecule has 0 N–H and O–H groups in total. The average molecular weight is 471 g/mol. The van der Waals surface area contributed by atoms with E-state index in [0.717, 1.165) is 29.7 Å². The highest BCUT2D eigenvalue weighted by Crippen LogP contribution is 2.67. The Labute approximate surface area is 208 Å². The summed E-state index contributed by atoms with van der Waals surface area (Å²) in [6.45, 7) is 12.0. The standard InChI is InChI=1S/C30H50N2O2/c1-21(33)34-28-27(32-17-7-8-18-32)19-26-24-12-10-22-9-11-23(31-15-5-4-6-16-31)20-30(22,3)25(24)13-14-29(26,28)2/h22-28H,4-20H2,1-3H3/t22-,23-,24?,25?,26?,27+,28+,29+,30+/m1/s1. The Hall–Kier alpha value is -0.610. The number of esters is 1. The van der Waals surface area contributed by atoms with Crippen LogP contribution in [0.1, 0.15) is 104 Å². The van der Waals surface area contributed by atoms with Crippen molar-refractivity contribution in [3.05, 3.63) is 0 Å². The Balaban J connectivity index is 1.26. The summed E-state index contributed by atoms with van der Waals surface area (Å²) in [7, 11) is 0. The quantitative estimate of drug-likeness (QED) is 0.482. The van der Waals surface area contributed by atoms with Crippen LogP contribution in [0.4, 0.5) is 0 Å². The van der Waals surface area contributed by atoms with Gasteiger partial charge in [-0.25, -0.2) is 0 Å². The highest BCUT2D eigenvalue weighted by atomic mass is 16.5. The molecular formula is C30H50N2O2. The highest BCUT2D eigenvalue weighted by molar-refractivity contribution is 5.66. The van der Waals surface area contributed by atoms with Crippen LogP contribution in [-0.4, -0.2) is 60.1 Å². The number of rotatable bonds is 3. The Morgan fingerprint density at radius 1 is 0.794 bits per heavy atom. The van der Waals surface area contributed by atoms with Gasteiger partial charge >= 0.3 is 5.97 Å². The molecule has 192 valence electrons. The van der Waals surface area contributed by atoms with Crippen LogP contribution in [-0.2, 0) is 9.53 Å². The molecular weight excluding hydrogens is 420 g/mol. The van der Waals surface area contributed by atoms with Crippen LogP contribution in [0, 0.1) is 34.5 Å². The molecule has 6 aliphatic rings. The lowest BCUT2D eigenvalue weighted by molar-refractivity contribution is -0.166. The van der Waals surface area contributed by atoms with Crippen molar-refractivity contribution in [3.8, 4) is 0 Å². The molecule has 0 aromatic rings. The monoisotopic (exact) mass is 470 g/mol. The average Bonchev–Trinajstić information content (AvgIpc) is 3.45. The first kappa shape index (κ1) is 23.8. The van der Waals surface area contributed by atoms with Gasteiger partial charge in [-0.05, 0) is 132 Å². The molecule has 9 atom stereocenters. The third kappa shape index (κ3) is 3.80. The van der Waals surface area contributed by atoms with Gasteiger partial charge in [-0.15, -0.1) is 0 Å². The van der Waals surface area contributed by atoms with Crippen molar-refractivity contribution >= 4 is 5.97 Å². The second-order valence-corrected chi connectivity index (χ2v) is 13.8. The summed E-state index contributed by atoms with van der Waals surface area (Å²) in [5.41, 5.74) is 0.692. The predicted molar refractivity (Wildman–Crippen MR) is 136 cm³/mol. The molecule has 4 nitrogen and oxygen atoms in total. The number of ether oxygens (including phenoxy) is 1. The van der Waals surface area contributed by atoms with Crippen LogP contribution in [0.15, 0.2) is 0 Å². The van der Waals surface area contributed by atoms with Gasteiger partial charge in [0.1, 0.15) is 6.10 Å². The number of carbonyl (C=O) groups excluding carboxylic acids is 1. The van der Waals surface area contributed by atoms with Gasteiger partial charge in [-0.1, -0.05) is 20.3 Å². The number of nitrogens with zero attached hydrogens (tertiary/aromatic N) is 2. The van der Waals surface area contributed by atoms with Crippen LogP contribution in [0.5, 0.6) is 0 Å². The van der Waals surface area contributed by atoms with Gasteiger partial charge in [0.05, 0.1) is 0 Å². The SMILES string of the molecule is CC(=O)O[C@H]1[C@@H](N2CCCC2)CC2C3CC[C@H]4CC[C@@H](N5CCCCC5)C[C@]4(C)C3CC[C@@]21C. The van der Waals surface area contributed by atoms with Gasteiger partial charge in [0.2, 0.25) is 0 Å². The molecule has 0 aromatic carbocycles. The van der Waals surface area contributed by atoms with Crippen LogP contribution < -0.4 is 0 Å². The lowest BCUT2D eigenvalue weighted by Crippen LogP contribution is -2.57. The lowest BCUT2D eigenvalue weighted by Gasteiger charge is -2.61. The summed E-state index contributed by atoms with van der Waals surface area (Å²) in [4.78, 5) is 17.8. The molecule has 4 heteroatoms. The number of hydrogen-bond acceptors (Lipinski definition) is 4. The third-order valence-corrected chi connectivity index (χ3v) is 12.3. The number of fused-ring (bicyclic) bond motifs is 5. The highest BCUT2D eigenvalue weighted by Gasteiger charge is 2.64. The van der Waals surface area contributed by atoms with E-state index in [0.29, 0.717) is 11.5 Å². The van der Waals surface area contributed by atoms with E-state index in [9.17, 15) is 4.79 Å². The van der Waals surface area contributed by atoms with E-state index in [4.69, 9.17) is 4.74 Å². The normalized spacial score (nSPS) is 49.8. The summed E-state index contributed by atoms with van der Waals surface area (Å²) < 4.78 is 6.23. The molecule has 34 heavy (non-hydrogen) atoms. The van der Waals surface area contributed by atoms with E-state index in [1.807, 2.05) is 0 Å². The van der Waals surface area contributed by atoms with Gasteiger partial charge in [-0.2, -0.15) is 0 Å². The molecule has 2 saturated heterocycles. The Kier molecular flexibility index (Phi) is 6.33. The summed E-state index contributed by atoms with van der Waals surface area (Å²) in [5.74, 6) is 3.33. The fourth-order valence-corrected chi connectivity index (χ4v) is 10.7. The first-order valence-electron chi connectivity index (χ1n) is 15.1. The molecule has 0 aromatic heterocycles. The number of hydrogen-bond donors (Lipinski definition) is 0. The minimum Gasteiger partial charge on any atom is -0.460 e. The zero-order valence-electron chi connectivity index (χ0n) is 22.3. The van der Waals surface area contributed by atoms with Crippen molar-refractivity contribution in [2.75, 3.05) is 26.2 Å². The largest absolute Gasteiger partial charge is 0.460 e. The molecule has 3 unspecified atom stereocenters. The Morgan fingerprint density at radius 3 is 2.21 bits per heavy atom. The molecule has 0 amide bonds. The van der Waals surface area contributed by atoms with Crippen molar-refractivity contribution in [2.24, 2.45) is 34.5 Å². The smallest absolute Gasteiger partial charge is 0.302 e. The van der Waals surface area contributed by atoms with Gasteiger partial charge < -0.3 is 9.64 Å². The van der Waals surface area contributed by atoms with Crippen molar-refractivity contribution in [3.63, 3.8) is 0 Å².